The summed E-state index contributed by atoms with van der Waals surface area (Å²) >= 11 is 5.71. The second-order valence-electron chi connectivity index (χ2n) is 4.70. The Morgan fingerprint density at radius 1 is 1.21 bits per heavy atom. The van der Waals surface area contributed by atoms with Crippen LogP contribution in [-0.2, 0) is 0 Å². The highest BCUT2D eigenvalue weighted by Crippen LogP contribution is 2.25. The summed E-state index contributed by atoms with van der Waals surface area (Å²) in [5.41, 5.74) is -0.144. The van der Waals surface area contributed by atoms with Gasteiger partial charge >= 0.3 is 0 Å². The van der Waals surface area contributed by atoms with E-state index in [1.165, 1.54) is 12.1 Å². The Morgan fingerprint density at radius 3 is 2.50 bits per heavy atom. The molecule has 0 fully saturated rings. The molecule has 1 amide bonds. The molecule has 2 aromatic rings. The van der Waals surface area contributed by atoms with E-state index in [0.717, 1.165) is 11.8 Å². The van der Waals surface area contributed by atoms with E-state index in [9.17, 15) is 14.9 Å². The van der Waals surface area contributed by atoms with Gasteiger partial charge in [-0.2, -0.15) is 0 Å². The zero-order valence-corrected chi connectivity index (χ0v) is 13.6. The molecule has 0 atom stereocenters. The maximum Gasteiger partial charge on any atom is 0.288 e. The van der Waals surface area contributed by atoms with Gasteiger partial charge in [-0.05, 0) is 36.4 Å². The number of hydrogen-bond acceptors (Lipinski definition) is 5. The van der Waals surface area contributed by atoms with Gasteiger partial charge in [0.05, 0.1) is 18.6 Å². The van der Waals surface area contributed by atoms with Crippen molar-refractivity contribution in [3.8, 4) is 11.5 Å². The van der Waals surface area contributed by atoms with Crippen molar-refractivity contribution in [2.24, 2.45) is 0 Å². The first kappa shape index (κ1) is 17.6. The SMILES string of the molecule is COc1ccc(OCCNC(=O)c2ccc(Cl)c([N+](=O)[O-])c2)cc1. The average Bonchev–Trinajstić information content (AvgIpc) is 2.59. The second kappa shape index (κ2) is 8.16. The van der Waals surface area contributed by atoms with E-state index >= 15 is 0 Å². The normalized spacial score (nSPS) is 10.1. The first-order valence-electron chi connectivity index (χ1n) is 7.00. The van der Waals surface area contributed by atoms with E-state index in [2.05, 4.69) is 5.32 Å². The summed E-state index contributed by atoms with van der Waals surface area (Å²) in [5, 5.41) is 13.4. The first-order chi connectivity index (χ1) is 11.5. The maximum absolute atomic E-state index is 12.0. The van der Waals surface area contributed by atoms with E-state index in [0.29, 0.717) is 5.75 Å². The molecule has 0 aliphatic carbocycles. The third-order valence-corrected chi connectivity index (χ3v) is 3.44. The number of ether oxygens (including phenoxy) is 2. The number of rotatable bonds is 7. The minimum absolute atomic E-state index is 0.0145. The van der Waals surface area contributed by atoms with E-state index < -0.39 is 10.8 Å². The van der Waals surface area contributed by atoms with E-state index in [-0.39, 0.29) is 29.4 Å². The van der Waals surface area contributed by atoms with Crippen LogP contribution in [-0.4, -0.2) is 31.1 Å². The predicted molar refractivity (Wildman–Crippen MR) is 88.9 cm³/mol. The molecule has 0 heterocycles. The molecule has 0 spiro atoms. The molecule has 0 saturated carbocycles. The van der Waals surface area contributed by atoms with E-state index in [1.54, 1.807) is 31.4 Å². The molecule has 1 N–H and O–H groups in total. The van der Waals surface area contributed by atoms with Gasteiger partial charge in [0, 0.05) is 11.6 Å². The van der Waals surface area contributed by atoms with Crippen molar-refractivity contribution < 1.29 is 19.2 Å². The molecular formula is C16H15ClN2O5. The van der Waals surface area contributed by atoms with Crippen molar-refractivity contribution in [1.29, 1.82) is 0 Å². The highest BCUT2D eigenvalue weighted by molar-refractivity contribution is 6.32. The number of benzene rings is 2. The number of carbonyl (C=O) groups is 1. The van der Waals surface area contributed by atoms with Crippen LogP contribution in [0.3, 0.4) is 0 Å². The van der Waals surface area contributed by atoms with Crippen LogP contribution < -0.4 is 14.8 Å². The Labute approximate surface area is 143 Å². The molecule has 0 saturated heterocycles. The topological polar surface area (TPSA) is 90.7 Å². The van der Waals surface area contributed by atoms with Crippen molar-refractivity contribution in [3.05, 3.63) is 63.2 Å². The zero-order chi connectivity index (χ0) is 17.5. The number of nitrogens with one attached hydrogen (secondary N) is 1. The molecule has 24 heavy (non-hydrogen) atoms. The van der Waals surface area contributed by atoms with Crippen molar-refractivity contribution in [3.63, 3.8) is 0 Å². The molecule has 0 bridgehead atoms. The molecule has 0 radical (unpaired) electrons. The first-order valence-corrected chi connectivity index (χ1v) is 7.38. The Bertz CT molecular complexity index is 734. The third kappa shape index (κ3) is 4.60. The van der Waals surface area contributed by atoms with Gasteiger partial charge in [-0.25, -0.2) is 0 Å². The Hall–Kier alpha value is -2.80. The number of nitrogens with zero attached hydrogens (tertiary/aromatic N) is 1. The fourth-order valence-corrected chi connectivity index (χ4v) is 2.09. The molecule has 0 aromatic heterocycles. The third-order valence-electron chi connectivity index (χ3n) is 3.12. The molecular weight excluding hydrogens is 336 g/mol. The van der Waals surface area contributed by atoms with Crippen molar-refractivity contribution in [1.82, 2.24) is 5.32 Å². The van der Waals surface area contributed by atoms with Gasteiger partial charge in [-0.1, -0.05) is 11.6 Å². The smallest absolute Gasteiger partial charge is 0.288 e. The minimum atomic E-state index is -0.633. The van der Waals surface area contributed by atoms with E-state index in [4.69, 9.17) is 21.1 Å². The summed E-state index contributed by atoms with van der Waals surface area (Å²) in [5.74, 6) is 0.931. The van der Waals surface area contributed by atoms with Crippen LogP contribution in [0.4, 0.5) is 5.69 Å². The fourth-order valence-electron chi connectivity index (χ4n) is 1.90. The summed E-state index contributed by atoms with van der Waals surface area (Å²) in [7, 11) is 1.58. The summed E-state index contributed by atoms with van der Waals surface area (Å²) in [6.07, 6.45) is 0. The average molecular weight is 351 g/mol. The fraction of sp³-hybridized carbons (Fsp3) is 0.188. The van der Waals surface area contributed by atoms with Crippen LogP contribution >= 0.6 is 11.6 Å². The highest BCUT2D eigenvalue weighted by atomic mass is 35.5. The number of carbonyl (C=O) groups excluding carboxylic acids is 1. The van der Waals surface area contributed by atoms with Gasteiger partial charge in [0.15, 0.2) is 0 Å². The van der Waals surface area contributed by atoms with Crippen LogP contribution in [0, 0.1) is 10.1 Å². The summed E-state index contributed by atoms with van der Waals surface area (Å²) in [6.45, 7) is 0.509. The van der Waals surface area contributed by atoms with Crippen LogP contribution in [0.5, 0.6) is 11.5 Å². The van der Waals surface area contributed by atoms with Crippen molar-refractivity contribution in [2.75, 3.05) is 20.3 Å². The van der Waals surface area contributed by atoms with Gasteiger partial charge in [-0.3, -0.25) is 14.9 Å². The van der Waals surface area contributed by atoms with Crippen LogP contribution in [0.2, 0.25) is 5.02 Å². The Kier molecular flexibility index (Phi) is 5.97. The second-order valence-corrected chi connectivity index (χ2v) is 5.11. The van der Waals surface area contributed by atoms with Crippen LogP contribution in [0.25, 0.3) is 0 Å². The molecule has 7 nitrogen and oxygen atoms in total. The largest absolute Gasteiger partial charge is 0.497 e. The number of halogens is 1. The molecule has 2 aromatic carbocycles. The maximum atomic E-state index is 12.0. The molecule has 8 heteroatoms. The van der Waals surface area contributed by atoms with Gasteiger partial charge in [-0.15, -0.1) is 0 Å². The van der Waals surface area contributed by atoms with Crippen LogP contribution in [0.1, 0.15) is 10.4 Å². The summed E-state index contributed by atoms with van der Waals surface area (Å²) in [4.78, 5) is 22.2. The lowest BCUT2D eigenvalue weighted by atomic mass is 10.2. The number of amides is 1. The number of nitro benzene ring substituents is 1. The summed E-state index contributed by atoms with van der Waals surface area (Å²) in [6, 6.07) is 10.9. The van der Waals surface area contributed by atoms with Crippen molar-refractivity contribution in [2.45, 2.75) is 0 Å². The Morgan fingerprint density at radius 2 is 1.88 bits per heavy atom. The van der Waals surface area contributed by atoms with Gasteiger partial charge in [0.1, 0.15) is 23.1 Å². The lowest BCUT2D eigenvalue weighted by molar-refractivity contribution is -0.384. The van der Waals surface area contributed by atoms with E-state index in [1.807, 2.05) is 0 Å². The molecule has 0 aliphatic rings. The number of nitro groups is 1. The predicted octanol–water partition coefficient (Wildman–Crippen LogP) is 3.07. The lowest BCUT2D eigenvalue weighted by Crippen LogP contribution is -2.28. The summed E-state index contributed by atoms with van der Waals surface area (Å²) < 4.78 is 10.5. The number of methoxy groups -OCH3 is 1. The highest BCUT2D eigenvalue weighted by Gasteiger charge is 2.15. The molecule has 126 valence electrons. The van der Waals surface area contributed by atoms with Crippen LogP contribution in [0.15, 0.2) is 42.5 Å². The molecule has 2 rings (SSSR count). The minimum Gasteiger partial charge on any atom is -0.497 e. The van der Waals surface area contributed by atoms with Gasteiger partial charge < -0.3 is 14.8 Å². The molecule has 0 unspecified atom stereocenters. The monoisotopic (exact) mass is 350 g/mol. The number of hydrogen-bond donors (Lipinski definition) is 1. The Balaban J connectivity index is 1.84. The molecule has 0 aliphatic heterocycles. The quantitative estimate of drug-likeness (QED) is 0.471. The van der Waals surface area contributed by atoms with Gasteiger partial charge in [0.2, 0.25) is 0 Å². The zero-order valence-electron chi connectivity index (χ0n) is 12.8. The standard InChI is InChI=1S/C16H15ClN2O5/c1-23-12-3-5-13(6-4-12)24-9-8-18-16(20)11-2-7-14(17)15(10-11)19(21)22/h2-7,10H,8-9H2,1H3,(H,18,20). The van der Waals surface area contributed by atoms with Gasteiger partial charge in [0.25, 0.3) is 11.6 Å². The lowest BCUT2D eigenvalue weighted by Gasteiger charge is -2.08. The van der Waals surface area contributed by atoms with Crippen molar-refractivity contribution >= 4 is 23.2 Å².